The molecule has 0 atom stereocenters. The van der Waals surface area contributed by atoms with Gasteiger partial charge in [-0.2, -0.15) is 5.10 Å². The summed E-state index contributed by atoms with van der Waals surface area (Å²) in [5, 5.41) is 14.1. The van der Waals surface area contributed by atoms with Crippen molar-refractivity contribution in [2.45, 2.75) is 5.03 Å². The summed E-state index contributed by atoms with van der Waals surface area (Å²) in [6, 6.07) is 12.3. The Morgan fingerprint density at radius 1 is 1.30 bits per heavy atom. The van der Waals surface area contributed by atoms with Crippen molar-refractivity contribution in [1.82, 2.24) is 10.4 Å². The number of carbonyl (C=O) groups is 1. The lowest BCUT2D eigenvalue weighted by atomic mass is 10.2. The van der Waals surface area contributed by atoms with Crippen LogP contribution in [0.25, 0.3) is 0 Å². The maximum absolute atomic E-state index is 11.6. The Labute approximate surface area is 120 Å². The van der Waals surface area contributed by atoms with Crippen LogP contribution in [0.4, 0.5) is 0 Å². The Kier molecular flexibility index (Phi) is 5.14. The molecule has 0 fully saturated rings. The molecule has 0 saturated heterocycles. The zero-order valence-corrected chi connectivity index (χ0v) is 11.4. The average molecular weight is 287 g/mol. The first-order valence-electron chi connectivity index (χ1n) is 5.89. The second-order valence-corrected chi connectivity index (χ2v) is 4.80. The lowest BCUT2D eigenvalue weighted by Crippen LogP contribution is -2.19. The third-order valence-electron chi connectivity index (χ3n) is 2.32. The molecule has 0 saturated carbocycles. The number of phenols is 1. The van der Waals surface area contributed by atoms with Gasteiger partial charge in [0.25, 0.3) is 0 Å². The molecule has 2 rings (SSSR count). The number of pyridine rings is 1. The smallest absolute Gasteiger partial charge is 0.250 e. The number of hydrogen-bond acceptors (Lipinski definition) is 5. The van der Waals surface area contributed by atoms with Gasteiger partial charge < -0.3 is 5.11 Å². The third-order valence-corrected chi connectivity index (χ3v) is 3.26. The number of para-hydroxylation sites is 1. The molecule has 102 valence electrons. The number of nitrogens with zero attached hydrogens (tertiary/aromatic N) is 2. The maximum atomic E-state index is 11.6. The number of hydrogen-bond donors (Lipinski definition) is 2. The quantitative estimate of drug-likeness (QED) is 0.501. The first-order valence-corrected chi connectivity index (χ1v) is 6.88. The molecule has 0 aliphatic heterocycles. The summed E-state index contributed by atoms with van der Waals surface area (Å²) in [5.74, 6) is 0.121. The van der Waals surface area contributed by atoms with E-state index < -0.39 is 0 Å². The molecule has 0 aliphatic rings. The van der Waals surface area contributed by atoms with Gasteiger partial charge in [0.1, 0.15) is 5.75 Å². The van der Waals surface area contributed by atoms with Crippen LogP contribution in [0.2, 0.25) is 0 Å². The summed E-state index contributed by atoms with van der Waals surface area (Å²) < 4.78 is 0. The SMILES string of the molecule is O=C(CSc1ccccn1)N/N=C\c1ccccc1O. The van der Waals surface area contributed by atoms with Crippen molar-refractivity contribution < 1.29 is 9.90 Å². The van der Waals surface area contributed by atoms with Crippen LogP contribution in [-0.2, 0) is 4.79 Å². The number of amides is 1. The Morgan fingerprint density at radius 2 is 2.10 bits per heavy atom. The minimum Gasteiger partial charge on any atom is -0.507 e. The number of aromatic hydroxyl groups is 1. The van der Waals surface area contributed by atoms with Crippen molar-refractivity contribution >= 4 is 23.9 Å². The molecule has 1 aromatic carbocycles. The summed E-state index contributed by atoms with van der Waals surface area (Å²) in [4.78, 5) is 15.7. The molecule has 1 heterocycles. The van der Waals surface area contributed by atoms with E-state index in [0.717, 1.165) is 5.03 Å². The van der Waals surface area contributed by atoms with Gasteiger partial charge in [0.2, 0.25) is 5.91 Å². The van der Waals surface area contributed by atoms with Gasteiger partial charge in [-0.05, 0) is 24.3 Å². The number of aromatic nitrogens is 1. The van der Waals surface area contributed by atoms with Gasteiger partial charge in [0.05, 0.1) is 17.0 Å². The van der Waals surface area contributed by atoms with Crippen LogP contribution in [0.1, 0.15) is 5.56 Å². The van der Waals surface area contributed by atoms with Crippen molar-refractivity contribution in [3.05, 3.63) is 54.2 Å². The van der Waals surface area contributed by atoms with Gasteiger partial charge in [-0.25, -0.2) is 10.4 Å². The number of rotatable bonds is 5. The van der Waals surface area contributed by atoms with E-state index in [0.29, 0.717) is 5.56 Å². The highest BCUT2D eigenvalue weighted by molar-refractivity contribution is 7.99. The van der Waals surface area contributed by atoms with E-state index in [2.05, 4.69) is 15.5 Å². The molecule has 0 unspecified atom stereocenters. The van der Waals surface area contributed by atoms with E-state index in [-0.39, 0.29) is 17.4 Å². The highest BCUT2D eigenvalue weighted by Crippen LogP contribution is 2.13. The number of hydrazone groups is 1. The number of nitrogens with one attached hydrogen (secondary N) is 1. The standard InChI is InChI=1S/C14H13N3O2S/c18-12-6-2-1-5-11(12)9-16-17-13(19)10-20-14-7-3-4-8-15-14/h1-9,18H,10H2,(H,17,19)/b16-9-. The number of benzene rings is 1. The summed E-state index contributed by atoms with van der Waals surface area (Å²) in [5.41, 5.74) is 2.95. The molecule has 0 radical (unpaired) electrons. The molecule has 2 aromatic rings. The molecule has 2 N–H and O–H groups in total. The second kappa shape index (κ2) is 7.30. The van der Waals surface area contributed by atoms with Crippen LogP contribution < -0.4 is 5.43 Å². The number of carbonyl (C=O) groups excluding carboxylic acids is 1. The average Bonchev–Trinajstić information content (AvgIpc) is 2.48. The molecule has 0 spiro atoms. The summed E-state index contributed by atoms with van der Waals surface area (Å²) >= 11 is 1.33. The zero-order chi connectivity index (χ0) is 14.2. The first-order chi connectivity index (χ1) is 9.75. The topological polar surface area (TPSA) is 74.6 Å². The van der Waals surface area contributed by atoms with Crippen LogP contribution in [0.5, 0.6) is 5.75 Å². The molecular formula is C14H13N3O2S. The normalized spacial score (nSPS) is 10.6. The lowest BCUT2D eigenvalue weighted by Gasteiger charge is -2.00. The van der Waals surface area contributed by atoms with Crippen LogP contribution >= 0.6 is 11.8 Å². The number of thioether (sulfide) groups is 1. The predicted molar refractivity (Wildman–Crippen MR) is 78.8 cm³/mol. The summed E-state index contributed by atoms with van der Waals surface area (Å²) in [7, 11) is 0. The molecule has 0 aliphatic carbocycles. The minimum absolute atomic E-state index is 0.119. The van der Waals surface area contributed by atoms with Crippen molar-refractivity contribution in [1.29, 1.82) is 0 Å². The molecular weight excluding hydrogens is 274 g/mol. The zero-order valence-electron chi connectivity index (χ0n) is 10.6. The second-order valence-electron chi connectivity index (χ2n) is 3.81. The highest BCUT2D eigenvalue weighted by Gasteiger charge is 2.02. The Hall–Kier alpha value is -2.34. The summed E-state index contributed by atoms with van der Waals surface area (Å²) in [6.07, 6.45) is 3.08. The lowest BCUT2D eigenvalue weighted by molar-refractivity contribution is -0.118. The first kappa shape index (κ1) is 14.1. The molecule has 1 amide bonds. The fraction of sp³-hybridized carbons (Fsp3) is 0.0714. The van der Waals surface area contributed by atoms with E-state index in [4.69, 9.17) is 0 Å². The van der Waals surface area contributed by atoms with Gasteiger partial charge in [-0.1, -0.05) is 30.0 Å². The van der Waals surface area contributed by atoms with Crippen molar-refractivity contribution in [2.24, 2.45) is 5.10 Å². The maximum Gasteiger partial charge on any atom is 0.250 e. The van der Waals surface area contributed by atoms with E-state index in [9.17, 15) is 9.90 Å². The molecule has 5 nitrogen and oxygen atoms in total. The van der Waals surface area contributed by atoms with E-state index in [1.54, 1.807) is 30.5 Å². The van der Waals surface area contributed by atoms with Crippen LogP contribution in [0.3, 0.4) is 0 Å². The van der Waals surface area contributed by atoms with E-state index in [1.807, 2.05) is 18.2 Å². The minimum atomic E-state index is -0.229. The molecule has 6 heteroatoms. The fourth-order valence-electron chi connectivity index (χ4n) is 1.37. The third kappa shape index (κ3) is 4.40. The van der Waals surface area contributed by atoms with Crippen molar-refractivity contribution in [2.75, 3.05) is 5.75 Å². The molecule has 1 aromatic heterocycles. The van der Waals surface area contributed by atoms with Crippen molar-refractivity contribution in [3.63, 3.8) is 0 Å². The largest absolute Gasteiger partial charge is 0.507 e. The Morgan fingerprint density at radius 3 is 2.85 bits per heavy atom. The number of phenolic OH excluding ortho intramolecular Hbond substituents is 1. The van der Waals surface area contributed by atoms with Crippen LogP contribution in [0, 0.1) is 0 Å². The Bertz CT molecular complexity index is 602. The van der Waals surface area contributed by atoms with E-state index in [1.165, 1.54) is 18.0 Å². The molecule has 0 bridgehead atoms. The van der Waals surface area contributed by atoms with Crippen LogP contribution in [0.15, 0.2) is 58.8 Å². The predicted octanol–water partition coefficient (Wildman–Crippen LogP) is 2.03. The van der Waals surface area contributed by atoms with Gasteiger partial charge in [0, 0.05) is 11.8 Å². The van der Waals surface area contributed by atoms with Crippen molar-refractivity contribution in [3.8, 4) is 5.75 Å². The molecule has 20 heavy (non-hydrogen) atoms. The highest BCUT2D eigenvalue weighted by atomic mass is 32.2. The van der Waals surface area contributed by atoms with Gasteiger partial charge in [-0.3, -0.25) is 4.79 Å². The van der Waals surface area contributed by atoms with Gasteiger partial charge >= 0.3 is 0 Å². The Balaban J connectivity index is 1.79. The van der Waals surface area contributed by atoms with Crippen LogP contribution in [-0.4, -0.2) is 28.0 Å². The van der Waals surface area contributed by atoms with Gasteiger partial charge in [0.15, 0.2) is 0 Å². The monoisotopic (exact) mass is 287 g/mol. The fourth-order valence-corrected chi connectivity index (χ4v) is 2.03. The summed E-state index contributed by atoms with van der Waals surface area (Å²) in [6.45, 7) is 0. The van der Waals surface area contributed by atoms with Gasteiger partial charge in [-0.15, -0.1) is 0 Å². The van der Waals surface area contributed by atoms with E-state index >= 15 is 0 Å².